The summed E-state index contributed by atoms with van der Waals surface area (Å²) in [7, 11) is 0. The predicted octanol–water partition coefficient (Wildman–Crippen LogP) is 5.66. The number of thioether (sulfide) groups is 1. The molecule has 0 aliphatic heterocycles. The first-order valence-electron chi connectivity index (χ1n) is 10.1. The Labute approximate surface area is 199 Å². The molecule has 0 spiro atoms. The largest absolute Gasteiger partial charge is 0.416 e. The standard InChI is InChI=1S/C23H16F3N5OS2/c1-2-11-30-20(32)17-5-3-4-6-18(17)31-21(30)28-29-22(31)34-13-16-12-33-19(27-16)14-7-9-15(10-8-14)23(24,25)26/h2-10,12H,1,11,13H2. The van der Waals surface area contributed by atoms with Crippen LogP contribution in [-0.4, -0.2) is 24.1 Å². The third-order valence-electron chi connectivity index (χ3n) is 5.15. The summed E-state index contributed by atoms with van der Waals surface area (Å²) in [6, 6.07) is 12.2. The Morgan fingerprint density at radius 3 is 2.59 bits per heavy atom. The molecule has 0 fully saturated rings. The molecule has 34 heavy (non-hydrogen) atoms. The van der Waals surface area contributed by atoms with Crippen molar-refractivity contribution in [3.8, 4) is 10.6 Å². The summed E-state index contributed by atoms with van der Waals surface area (Å²) in [6.45, 7) is 4.03. The highest BCUT2D eigenvalue weighted by Crippen LogP contribution is 2.32. The number of alkyl halides is 3. The van der Waals surface area contributed by atoms with E-state index in [4.69, 9.17) is 0 Å². The number of fused-ring (bicyclic) bond motifs is 3. The molecule has 0 saturated carbocycles. The van der Waals surface area contributed by atoms with Crippen LogP contribution in [0, 0.1) is 0 Å². The molecular weight excluding hydrogens is 483 g/mol. The van der Waals surface area contributed by atoms with E-state index in [1.165, 1.54) is 39.8 Å². The molecule has 172 valence electrons. The SMILES string of the molecule is C=CCn1c(=O)c2ccccc2n2c(SCc3csc(-c4ccc(C(F)(F)F)cc4)n3)nnc12. The first-order chi connectivity index (χ1) is 16.4. The van der Waals surface area contributed by atoms with Crippen LogP contribution < -0.4 is 5.56 Å². The maximum atomic E-state index is 12.9. The summed E-state index contributed by atoms with van der Waals surface area (Å²) < 4.78 is 41.8. The third kappa shape index (κ3) is 4.01. The molecular formula is C23H16F3N5OS2. The van der Waals surface area contributed by atoms with Gasteiger partial charge >= 0.3 is 6.18 Å². The van der Waals surface area contributed by atoms with E-state index >= 15 is 0 Å². The topological polar surface area (TPSA) is 65.1 Å². The Kier molecular flexibility index (Phi) is 5.74. The van der Waals surface area contributed by atoms with Crippen molar-refractivity contribution in [2.75, 3.05) is 0 Å². The molecule has 0 aliphatic carbocycles. The highest BCUT2D eigenvalue weighted by molar-refractivity contribution is 7.98. The number of aromatic nitrogens is 5. The van der Waals surface area contributed by atoms with Crippen LogP contribution in [-0.2, 0) is 18.5 Å². The summed E-state index contributed by atoms with van der Waals surface area (Å²) >= 11 is 2.78. The van der Waals surface area contributed by atoms with Gasteiger partial charge in [-0.15, -0.1) is 28.1 Å². The van der Waals surface area contributed by atoms with E-state index in [9.17, 15) is 18.0 Å². The van der Waals surface area contributed by atoms with Crippen LogP contribution in [0.5, 0.6) is 0 Å². The maximum Gasteiger partial charge on any atom is 0.416 e. The van der Waals surface area contributed by atoms with Crippen molar-refractivity contribution in [2.24, 2.45) is 0 Å². The van der Waals surface area contributed by atoms with E-state index in [2.05, 4.69) is 21.8 Å². The number of allylic oxidation sites excluding steroid dienone is 1. The number of halogens is 3. The van der Waals surface area contributed by atoms with Crippen molar-refractivity contribution < 1.29 is 13.2 Å². The van der Waals surface area contributed by atoms with Gasteiger partial charge in [-0.1, -0.05) is 42.1 Å². The fourth-order valence-electron chi connectivity index (χ4n) is 3.57. The molecule has 0 radical (unpaired) electrons. The van der Waals surface area contributed by atoms with Crippen LogP contribution >= 0.6 is 23.1 Å². The highest BCUT2D eigenvalue weighted by atomic mass is 32.2. The Balaban J connectivity index is 1.44. The van der Waals surface area contributed by atoms with Gasteiger partial charge in [-0.05, 0) is 24.3 Å². The first kappa shape index (κ1) is 22.4. The molecule has 3 heterocycles. The Morgan fingerprint density at radius 2 is 1.85 bits per heavy atom. The van der Waals surface area contributed by atoms with Crippen LogP contribution in [0.4, 0.5) is 13.2 Å². The molecule has 0 aliphatic rings. The lowest BCUT2D eigenvalue weighted by Crippen LogP contribution is -2.22. The molecule has 0 bridgehead atoms. The zero-order valence-corrected chi connectivity index (χ0v) is 19.1. The van der Waals surface area contributed by atoms with Crippen molar-refractivity contribution in [1.82, 2.24) is 24.1 Å². The summed E-state index contributed by atoms with van der Waals surface area (Å²) in [6.07, 6.45) is -2.74. The summed E-state index contributed by atoms with van der Waals surface area (Å²) in [5.41, 5.74) is 1.25. The molecule has 0 atom stereocenters. The number of thiazole rings is 1. The van der Waals surface area contributed by atoms with E-state index in [0.717, 1.165) is 17.8 Å². The van der Waals surface area contributed by atoms with Crippen molar-refractivity contribution in [3.63, 3.8) is 0 Å². The molecule has 0 N–H and O–H groups in total. The molecule has 3 aromatic heterocycles. The molecule has 6 nitrogen and oxygen atoms in total. The lowest BCUT2D eigenvalue weighted by Gasteiger charge is -2.09. The Bertz CT molecular complexity index is 1570. The molecule has 11 heteroatoms. The number of para-hydroxylation sites is 1. The van der Waals surface area contributed by atoms with Crippen LogP contribution in [0.3, 0.4) is 0 Å². The summed E-state index contributed by atoms with van der Waals surface area (Å²) in [5, 5.41) is 12.2. The predicted molar refractivity (Wildman–Crippen MR) is 127 cm³/mol. The average molecular weight is 500 g/mol. The minimum Gasteiger partial charge on any atom is -0.272 e. The van der Waals surface area contributed by atoms with Crippen LogP contribution in [0.25, 0.3) is 27.3 Å². The monoisotopic (exact) mass is 499 g/mol. The smallest absolute Gasteiger partial charge is 0.272 e. The Morgan fingerprint density at radius 1 is 1.09 bits per heavy atom. The van der Waals surface area contributed by atoms with Gasteiger partial charge < -0.3 is 0 Å². The van der Waals surface area contributed by atoms with Crippen LogP contribution in [0.15, 0.2) is 76.5 Å². The first-order valence-corrected chi connectivity index (χ1v) is 12.0. The minimum atomic E-state index is -4.37. The molecule has 5 aromatic rings. The van der Waals surface area contributed by atoms with Crippen LogP contribution in [0.2, 0.25) is 0 Å². The highest BCUT2D eigenvalue weighted by Gasteiger charge is 2.30. The lowest BCUT2D eigenvalue weighted by atomic mass is 10.1. The normalized spacial score (nSPS) is 12.0. The van der Waals surface area contributed by atoms with E-state index in [-0.39, 0.29) is 5.56 Å². The number of rotatable bonds is 6. The van der Waals surface area contributed by atoms with E-state index < -0.39 is 11.7 Å². The molecule has 2 aromatic carbocycles. The Hall–Kier alpha value is -3.44. The minimum absolute atomic E-state index is 0.160. The van der Waals surface area contributed by atoms with Crippen molar-refractivity contribution in [1.29, 1.82) is 0 Å². The second-order valence-corrected chi connectivity index (χ2v) is 9.15. The van der Waals surface area contributed by atoms with Gasteiger partial charge in [0.15, 0.2) is 5.16 Å². The maximum absolute atomic E-state index is 12.9. The van der Waals surface area contributed by atoms with Gasteiger partial charge in [0.1, 0.15) is 5.01 Å². The third-order valence-corrected chi connectivity index (χ3v) is 7.05. The molecule has 0 amide bonds. The van der Waals surface area contributed by atoms with Gasteiger partial charge in [-0.2, -0.15) is 13.2 Å². The second kappa shape index (κ2) is 8.73. The zero-order chi connectivity index (χ0) is 23.9. The number of hydrogen-bond acceptors (Lipinski definition) is 6. The van der Waals surface area contributed by atoms with Gasteiger partial charge in [-0.25, -0.2) is 4.98 Å². The van der Waals surface area contributed by atoms with Crippen molar-refractivity contribution in [3.05, 3.63) is 88.2 Å². The van der Waals surface area contributed by atoms with E-state index in [1.807, 2.05) is 28.0 Å². The van der Waals surface area contributed by atoms with Gasteiger partial charge in [0.2, 0.25) is 5.78 Å². The van der Waals surface area contributed by atoms with Gasteiger partial charge in [0.05, 0.1) is 22.2 Å². The van der Waals surface area contributed by atoms with Crippen molar-refractivity contribution >= 4 is 39.8 Å². The van der Waals surface area contributed by atoms with Gasteiger partial charge in [0.25, 0.3) is 5.56 Å². The quantitative estimate of drug-likeness (QED) is 0.223. The number of hydrogen-bond donors (Lipinski definition) is 0. The summed E-state index contributed by atoms with van der Waals surface area (Å²) in [5.74, 6) is 0.905. The lowest BCUT2D eigenvalue weighted by molar-refractivity contribution is -0.137. The van der Waals surface area contributed by atoms with E-state index in [0.29, 0.717) is 44.7 Å². The molecule has 0 saturated heterocycles. The van der Waals surface area contributed by atoms with Gasteiger partial charge in [0, 0.05) is 23.2 Å². The summed E-state index contributed by atoms with van der Waals surface area (Å²) in [4.78, 5) is 17.5. The molecule has 5 rings (SSSR count). The molecule has 0 unspecified atom stereocenters. The van der Waals surface area contributed by atoms with Crippen molar-refractivity contribution in [2.45, 2.75) is 23.6 Å². The van der Waals surface area contributed by atoms with E-state index in [1.54, 1.807) is 12.1 Å². The van der Waals surface area contributed by atoms with Gasteiger partial charge in [-0.3, -0.25) is 13.8 Å². The second-order valence-electron chi connectivity index (χ2n) is 7.35. The fraction of sp³-hybridized carbons (Fsp3) is 0.130. The zero-order valence-electron chi connectivity index (χ0n) is 17.5. The number of nitrogens with zero attached hydrogens (tertiary/aromatic N) is 5. The fourth-order valence-corrected chi connectivity index (χ4v) is 5.33. The number of benzene rings is 2. The van der Waals surface area contributed by atoms with Crippen LogP contribution in [0.1, 0.15) is 11.3 Å². The average Bonchev–Trinajstić information content (AvgIpc) is 3.47.